The van der Waals surface area contributed by atoms with Crippen molar-refractivity contribution in [2.75, 3.05) is 20.6 Å². The van der Waals surface area contributed by atoms with Gasteiger partial charge in [-0.25, -0.2) is 0 Å². The Hall–Kier alpha value is -0.820. The number of quaternary nitrogens is 1. The molecule has 1 heteroatoms. The van der Waals surface area contributed by atoms with E-state index in [0.717, 1.165) is 6.04 Å². The highest BCUT2D eigenvalue weighted by atomic mass is 15.3. The molecule has 1 fully saturated rings. The second-order valence-corrected chi connectivity index (χ2v) is 8.88. The maximum atomic E-state index is 2.45. The number of hydrogen-bond acceptors (Lipinski definition) is 0. The third-order valence-electron chi connectivity index (χ3n) is 6.38. The molecule has 0 spiro atoms. The Balaban J connectivity index is 1.69. The van der Waals surface area contributed by atoms with Crippen molar-refractivity contribution < 1.29 is 4.48 Å². The molecule has 142 valence electrons. The zero-order chi connectivity index (χ0) is 18.0. The zero-order valence-corrected chi connectivity index (χ0v) is 17.2. The van der Waals surface area contributed by atoms with Crippen LogP contribution in [0.4, 0.5) is 0 Å². The summed E-state index contributed by atoms with van der Waals surface area (Å²) in [6, 6.07) is 10.4. The molecular weight excluding hydrogens is 302 g/mol. The minimum atomic E-state index is 0.890. The van der Waals surface area contributed by atoms with E-state index >= 15 is 0 Å². The minimum Gasteiger partial charge on any atom is -0.326 e. The molecule has 0 amide bonds. The van der Waals surface area contributed by atoms with E-state index in [2.05, 4.69) is 45.3 Å². The zero-order valence-electron chi connectivity index (χ0n) is 17.2. The molecule has 1 saturated carbocycles. The molecule has 0 bridgehead atoms. The first kappa shape index (κ1) is 20.5. The molecule has 0 heterocycles. The van der Waals surface area contributed by atoms with Crippen molar-refractivity contribution in [3.8, 4) is 0 Å². The van der Waals surface area contributed by atoms with Crippen LogP contribution >= 0.6 is 0 Å². The van der Waals surface area contributed by atoms with Crippen molar-refractivity contribution in [3.05, 3.63) is 35.4 Å². The van der Waals surface area contributed by atoms with Gasteiger partial charge in [0.1, 0.15) is 0 Å². The molecule has 1 aromatic rings. The summed E-state index contributed by atoms with van der Waals surface area (Å²) in [4.78, 5) is 0. The number of unbranched alkanes of at least 4 members (excludes halogenated alkanes) is 5. The minimum absolute atomic E-state index is 0.890. The first-order valence-electron chi connectivity index (χ1n) is 11.0. The van der Waals surface area contributed by atoms with Crippen LogP contribution < -0.4 is 0 Å². The summed E-state index contributed by atoms with van der Waals surface area (Å²) in [5.74, 6) is 0. The molecule has 0 radical (unpaired) electrons. The van der Waals surface area contributed by atoms with Gasteiger partial charge in [0.25, 0.3) is 0 Å². The average molecular weight is 345 g/mol. The molecule has 1 aliphatic carbocycles. The molecule has 1 aliphatic rings. The fraction of sp³-hybridized carbons (Fsp3) is 0.750. The van der Waals surface area contributed by atoms with Gasteiger partial charge < -0.3 is 4.48 Å². The fourth-order valence-electron chi connectivity index (χ4n) is 4.36. The SMILES string of the molecule is CCCCCCCCc1ccc(CC[N+](C)(C)C2CCCCC2)cc1. The Morgan fingerprint density at radius 2 is 1.32 bits per heavy atom. The average Bonchev–Trinajstić information content (AvgIpc) is 2.65. The molecule has 0 unspecified atom stereocenters. The standard InChI is InChI=1S/C24H42N/c1-4-5-6-7-8-10-13-22-16-18-23(19-17-22)20-21-25(2,3)24-14-11-9-12-15-24/h16-19,24H,4-15,20-21H2,1-3H3/q+1. The molecule has 1 aromatic carbocycles. The quantitative estimate of drug-likeness (QED) is 0.316. The Labute approximate surface area is 157 Å². The molecule has 0 aliphatic heterocycles. The highest BCUT2D eigenvalue weighted by molar-refractivity contribution is 5.22. The van der Waals surface area contributed by atoms with Gasteiger partial charge in [-0.3, -0.25) is 0 Å². The van der Waals surface area contributed by atoms with Gasteiger partial charge in [-0.05, 0) is 49.7 Å². The van der Waals surface area contributed by atoms with Crippen molar-refractivity contribution in [2.45, 2.75) is 96.4 Å². The molecule has 0 atom stereocenters. The van der Waals surface area contributed by atoms with E-state index in [4.69, 9.17) is 0 Å². The molecule has 0 N–H and O–H groups in total. The summed E-state index contributed by atoms with van der Waals surface area (Å²) < 4.78 is 1.21. The van der Waals surface area contributed by atoms with Crippen LogP contribution in [0.2, 0.25) is 0 Å². The highest BCUT2D eigenvalue weighted by Gasteiger charge is 2.29. The van der Waals surface area contributed by atoms with Gasteiger partial charge in [0, 0.05) is 6.42 Å². The summed E-state index contributed by atoms with van der Waals surface area (Å²) in [5.41, 5.74) is 3.05. The smallest absolute Gasteiger partial charge is 0.0886 e. The van der Waals surface area contributed by atoms with Gasteiger partial charge in [-0.15, -0.1) is 0 Å². The molecule has 0 aromatic heterocycles. The predicted molar refractivity (Wildman–Crippen MR) is 111 cm³/mol. The molecule has 2 rings (SSSR count). The van der Waals surface area contributed by atoms with Crippen LogP contribution in [-0.4, -0.2) is 31.2 Å². The largest absolute Gasteiger partial charge is 0.326 e. The molecule has 1 nitrogen and oxygen atoms in total. The number of nitrogens with zero attached hydrogens (tertiary/aromatic N) is 1. The van der Waals surface area contributed by atoms with Gasteiger partial charge in [0.2, 0.25) is 0 Å². The summed E-state index contributed by atoms with van der Waals surface area (Å²) in [5, 5.41) is 0. The number of hydrogen-bond donors (Lipinski definition) is 0. The third-order valence-corrected chi connectivity index (χ3v) is 6.38. The van der Waals surface area contributed by atoms with Crippen molar-refractivity contribution in [3.63, 3.8) is 0 Å². The van der Waals surface area contributed by atoms with E-state index in [-0.39, 0.29) is 0 Å². The van der Waals surface area contributed by atoms with Gasteiger partial charge in [-0.2, -0.15) is 0 Å². The maximum Gasteiger partial charge on any atom is 0.0886 e. The van der Waals surface area contributed by atoms with E-state index in [0.29, 0.717) is 0 Å². The van der Waals surface area contributed by atoms with Crippen molar-refractivity contribution in [1.29, 1.82) is 0 Å². The van der Waals surface area contributed by atoms with Crippen LogP contribution in [0.1, 0.15) is 88.7 Å². The van der Waals surface area contributed by atoms with E-state index in [1.54, 1.807) is 0 Å². The van der Waals surface area contributed by atoms with E-state index in [1.165, 1.54) is 106 Å². The normalized spacial score (nSPS) is 16.3. The van der Waals surface area contributed by atoms with Crippen molar-refractivity contribution >= 4 is 0 Å². The van der Waals surface area contributed by atoms with Crippen LogP contribution in [-0.2, 0) is 12.8 Å². The van der Waals surface area contributed by atoms with Crippen LogP contribution in [0.25, 0.3) is 0 Å². The Morgan fingerprint density at radius 1 is 0.760 bits per heavy atom. The summed E-state index contributed by atoms with van der Waals surface area (Å²) in [6.45, 7) is 3.57. The Morgan fingerprint density at radius 3 is 1.96 bits per heavy atom. The van der Waals surface area contributed by atoms with Gasteiger partial charge >= 0.3 is 0 Å². The Bertz CT molecular complexity index is 453. The second-order valence-electron chi connectivity index (χ2n) is 8.88. The summed E-state index contributed by atoms with van der Waals surface area (Å²) >= 11 is 0. The lowest BCUT2D eigenvalue weighted by atomic mass is 9.92. The topological polar surface area (TPSA) is 0 Å². The van der Waals surface area contributed by atoms with Crippen LogP contribution in [0.5, 0.6) is 0 Å². The summed E-state index contributed by atoms with van der Waals surface area (Å²) in [7, 11) is 4.89. The second kappa shape index (κ2) is 11.0. The number of benzene rings is 1. The number of likely N-dealkylation sites (N-methyl/N-ethyl adjacent to an activating group) is 1. The lowest BCUT2D eigenvalue weighted by Gasteiger charge is -2.40. The van der Waals surface area contributed by atoms with Gasteiger partial charge in [0.05, 0.1) is 26.7 Å². The molecular formula is C24H42N+. The third kappa shape index (κ3) is 7.52. The van der Waals surface area contributed by atoms with Crippen molar-refractivity contribution in [1.82, 2.24) is 0 Å². The molecule has 0 saturated heterocycles. The van der Waals surface area contributed by atoms with Gasteiger partial charge in [0.15, 0.2) is 0 Å². The van der Waals surface area contributed by atoms with Crippen LogP contribution in [0, 0.1) is 0 Å². The van der Waals surface area contributed by atoms with Crippen LogP contribution in [0.3, 0.4) is 0 Å². The molecule has 25 heavy (non-hydrogen) atoms. The maximum absolute atomic E-state index is 2.45. The summed E-state index contributed by atoms with van der Waals surface area (Å²) in [6.07, 6.45) is 18.0. The number of aryl methyl sites for hydroxylation is 1. The lowest BCUT2D eigenvalue weighted by Crippen LogP contribution is -2.50. The number of rotatable bonds is 11. The fourth-order valence-corrected chi connectivity index (χ4v) is 4.36. The van der Waals surface area contributed by atoms with E-state index < -0.39 is 0 Å². The first-order chi connectivity index (χ1) is 12.1. The lowest BCUT2D eigenvalue weighted by molar-refractivity contribution is -0.916. The predicted octanol–water partition coefficient (Wildman–Crippen LogP) is 6.54. The first-order valence-corrected chi connectivity index (χ1v) is 11.0. The van der Waals surface area contributed by atoms with E-state index in [9.17, 15) is 0 Å². The van der Waals surface area contributed by atoms with E-state index in [1.807, 2.05) is 0 Å². The Kier molecular flexibility index (Phi) is 9.03. The monoisotopic (exact) mass is 344 g/mol. The van der Waals surface area contributed by atoms with Crippen LogP contribution in [0.15, 0.2) is 24.3 Å². The van der Waals surface area contributed by atoms with Gasteiger partial charge in [-0.1, -0.05) is 69.7 Å². The highest BCUT2D eigenvalue weighted by Crippen LogP contribution is 2.26. The van der Waals surface area contributed by atoms with Crippen molar-refractivity contribution in [2.24, 2.45) is 0 Å².